The van der Waals surface area contributed by atoms with Crippen molar-refractivity contribution in [1.29, 1.82) is 0 Å². The van der Waals surface area contributed by atoms with Gasteiger partial charge in [0.1, 0.15) is 0 Å². The Hall–Kier alpha value is -1.22. The van der Waals surface area contributed by atoms with Crippen molar-refractivity contribution in [2.24, 2.45) is 0 Å². The van der Waals surface area contributed by atoms with Crippen LogP contribution in [0.1, 0.15) is 41.0 Å². The molecule has 0 radical (unpaired) electrons. The second kappa shape index (κ2) is 11.8. The van der Waals surface area contributed by atoms with Crippen molar-refractivity contribution in [3.05, 3.63) is 36.0 Å². The minimum Gasteiger partial charge on any atom is -0.102 e. The van der Waals surface area contributed by atoms with Gasteiger partial charge in [-0.15, -0.1) is 5.92 Å². The Labute approximate surface area is 89.4 Å². The van der Waals surface area contributed by atoms with Crippen LogP contribution in [0.3, 0.4) is 0 Å². The molecule has 0 nitrogen and oxygen atoms in total. The van der Waals surface area contributed by atoms with E-state index in [0.717, 1.165) is 17.6 Å². The Morgan fingerprint density at radius 3 is 2.36 bits per heavy atom. The van der Waals surface area contributed by atoms with E-state index in [9.17, 15) is 0 Å². The van der Waals surface area contributed by atoms with Crippen molar-refractivity contribution in [2.75, 3.05) is 0 Å². The molecule has 0 aromatic heterocycles. The van der Waals surface area contributed by atoms with E-state index in [1.165, 1.54) is 0 Å². The molecule has 0 fully saturated rings. The van der Waals surface area contributed by atoms with Crippen molar-refractivity contribution in [3.8, 4) is 11.8 Å². The van der Waals surface area contributed by atoms with E-state index in [0.29, 0.717) is 0 Å². The summed E-state index contributed by atoms with van der Waals surface area (Å²) in [5.41, 5.74) is 2.22. The highest BCUT2D eigenvalue weighted by Crippen LogP contribution is 1.99. The fourth-order valence-corrected chi connectivity index (χ4v) is 0.685. The van der Waals surface area contributed by atoms with Crippen molar-refractivity contribution in [1.82, 2.24) is 0 Å². The Kier molecular flexibility index (Phi) is 12.8. The zero-order valence-corrected chi connectivity index (χ0v) is 10.1. The molecule has 0 heterocycles. The maximum Gasteiger partial charge on any atom is -0.00109 e. The van der Waals surface area contributed by atoms with Crippen LogP contribution < -0.4 is 0 Å². The third-order valence-electron chi connectivity index (χ3n) is 1.45. The molecule has 0 rings (SSSR count). The van der Waals surface area contributed by atoms with E-state index < -0.39 is 0 Å². The summed E-state index contributed by atoms with van der Waals surface area (Å²) in [7, 11) is 0. The summed E-state index contributed by atoms with van der Waals surface area (Å²) in [6.45, 7) is 13.8. The predicted molar refractivity (Wildman–Crippen MR) is 67.1 cm³/mol. The zero-order chi connectivity index (χ0) is 11.4. The van der Waals surface area contributed by atoms with Crippen molar-refractivity contribution < 1.29 is 0 Å². The first kappa shape index (κ1) is 15.3. The zero-order valence-electron chi connectivity index (χ0n) is 10.1. The molecule has 0 saturated heterocycles. The molecule has 0 saturated carbocycles. The van der Waals surface area contributed by atoms with Gasteiger partial charge in [0.05, 0.1) is 0 Å². The van der Waals surface area contributed by atoms with Gasteiger partial charge in [0.15, 0.2) is 0 Å². The lowest BCUT2D eigenvalue weighted by atomic mass is 10.2. The van der Waals surface area contributed by atoms with Crippen molar-refractivity contribution in [3.63, 3.8) is 0 Å². The van der Waals surface area contributed by atoms with E-state index in [-0.39, 0.29) is 0 Å². The quantitative estimate of drug-likeness (QED) is 0.454. The summed E-state index contributed by atoms with van der Waals surface area (Å²) in [6.07, 6.45) is 7.01. The highest BCUT2D eigenvalue weighted by atomic mass is 13.9. The fourth-order valence-electron chi connectivity index (χ4n) is 0.685. The van der Waals surface area contributed by atoms with Crippen molar-refractivity contribution >= 4 is 0 Å². The van der Waals surface area contributed by atoms with Gasteiger partial charge in [-0.1, -0.05) is 57.1 Å². The summed E-state index contributed by atoms with van der Waals surface area (Å²) in [4.78, 5) is 0. The Bertz CT molecular complexity index is 253. The molecule has 0 unspecified atom stereocenters. The lowest BCUT2D eigenvalue weighted by Gasteiger charge is -1.88. The van der Waals surface area contributed by atoms with E-state index in [4.69, 9.17) is 0 Å². The topological polar surface area (TPSA) is 0 Å². The van der Waals surface area contributed by atoms with Gasteiger partial charge < -0.3 is 0 Å². The first-order chi connectivity index (χ1) is 6.70. The standard InChI is InChI=1S/C12H16.C2H6/c1-5-8-12(4)10-7-9-11(3)6-2;1-2/h7,9-10H,3,6H2,1-2,4H3;1-2H3/b9-7-,12-10+;. The molecule has 0 bridgehead atoms. The lowest BCUT2D eigenvalue weighted by molar-refractivity contribution is 1.16. The highest BCUT2D eigenvalue weighted by Gasteiger charge is 1.79. The van der Waals surface area contributed by atoms with Crippen LogP contribution in [0.4, 0.5) is 0 Å². The van der Waals surface area contributed by atoms with Crippen LogP contribution in [-0.4, -0.2) is 0 Å². The summed E-state index contributed by atoms with van der Waals surface area (Å²) in [5, 5.41) is 0. The molecule has 0 spiro atoms. The SMILES string of the molecule is C=C(/C=C\C=C(/C)C#CC)CC.CC. The monoisotopic (exact) mass is 190 g/mol. The van der Waals surface area contributed by atoms with Gasteiger partial charge in [0.2, 0.25) is 0 Å². The Balaban J connectivity index is 0. The van der Waals surface area contributed by atoms with Crippen LogP contribution in [0.15, 0.2) is 36.0 Å². The van der Waals surface area contributed by atoms with Crippen molar-refractivity contribution in [2.45, 2.75) is 41.0 Å². The smallest absolute Gasteiger partial charge is 0.00109 e. The molecule has 0 aliphatic rings. The van der Waals surface area contributed by atoms with Gasteiger partial charge in [-0.05, 0) is 25.8 Å². The third kappa shape index (κ3) is 10.8. The van der Waals surface area contributed by atoms with E-state index in [2.05, 4.69) is 25.3 Å². The largest absolute Gasteiger partial charge is 0.102 e. The molecule has 0 atom stereocenters. The van der Waals surface area contributed by atoms with Gasteiger partial charge in [-0.25, -0.2) is 0 Å². The minimum atomic E-state index is 1.00. The number of allylic oxidation sites excluding steroid dienone is 5. The van der Waals surface area contributed by atoms with E-state index >= 15 is 0 Å². The van der Waals surface area contributed by atoms with Crippen LogP contribution in [0, 0.1) is 11.8 Å². The third-order valence-corrected chi connectivity index (χ3v) is 1.45. The molecule has 0 aliphatic carbocycles. The molecule has 14 heavy (non-hydrogen) atoms. The molecule has 78 valence electrons. The van der Waals surface area contributed by atoms with Gasteiger partial charge in [-0.2, -0.15) is 0 Å². The lowest BCUT2D eigenvalue weighted by Crippen LogP contribution is -1.69. The van der Waals surface area contributed by atoms with Gasteiger partial charge in [0, 0.05) is 0 Å². The molecular formula is C14H22. The number of rotatable bonds is 3. The summed E-state index contributed by atoms with van der Waals surface area (Å²) < 4.78 is 0. The highest BCUT2D eigenvalue weighted by molar-refractivity contribution is 5.31. The molecule has 0 aromatic carbocycles. The first-order valence-electron chi connectivity index (χ1n) is 5.16. The van der Waals surface area contributed by atoms with Crippen LogP contribution in [0.2, 0.25) is 0 Å². The maximum atomic E-state index is 3.86. The fraction of sp³-hybridized carbons (Fsp3) is 0.429. The summed E-state index contributed by atoms with van der Waals surface area (Å²) >= 11 is 0. The van der Waals surface area contributed by atoms with Crippen LogP contribution in [-0.2, 0) is 0 Å². The molecular weight excluding hydrogens is 168 g/mol. The van der Waals surface area contributed by atoms with Gasteiger partial charge in [-0.3, -0.25) is 0 Å². The summed E-state index contributed by atoms with van der Waals surface area (Å²) in [5.74, 6) is 5.81. The Morgan fingerprint density at radius 2 is 1.93 bits per heavy atom. The van der Waals surface area contributed by atoms with Gasteiger partial charge >= 0.3 is 0 Å². The number of hydrogen-bond acceptors (Lipinski definition) is 0. The van der Waals surface area contributed by atoms with Gasteiger partial charge in [0.25, 0.3) is 0 Å². The van der Waals surface area contributed by atoms with Crippen LogP contribution >= 0.6 is 0 Å². The average Bonchev–Trinajstić information content (AvgIpc) is 2.21. The molecule has 0 amide bonds. The molecule has 0 aromatic rings. The van der Waals surface area contributed by atoms with Crippen LogP contribution in [0.25, 0.3) is 0 Å². The second-order valence-electron chi connectivity index (χ2n) is 2.60. The minimum absolute atomic E-state index is 1.00. The molecule has 0 aliphatic heterocycles. The molecule has 0 heteroatoms. The Morgan fingerprint density at radius 1 is 1.36 bits per heavy atom. The average molecular weight is 190 g/mol. The predicted octanol–water partition coefficient (Wildman–Crippen LogP) is 4.50. The van der Waals surface area contributed by atoms with Crippen LogP contribution in [0.5, 0.6) is 0 Å². The second-order valence-corrected chi connectivity index (χ2v) is 2.60. The van der Waals surface area contributed by atoms with E-state index in [1.807, 2.05) is 45.9 Å². The normalized spacial score (nSPS) is 9.93. The maximum absolute atomic E-state index is 3.86. The molecule has 0 N–H and O–H groups in total. The summed E-state index contributed by atoms with van der Waals surface area (Å²) in [6, 6.07) is 0. The van der Waals surface area contributed by atoms with E-state index in [1.54, 1.807) is 0 Å². The number of hydrogen-bond donors (Lipinski definition) is 0. The first-order valence-corrected chi connectivity index (χ1v) is 5.16.